The van der Waals surface area contributed by atoms with E-state index in [2.05, 4.69) is 11.4 Å². The minimum atomic E-state index is -4.01. The minimum absolute atomic E-state index is 0.0320. The summed E-state index contributed by atoms with van der Waals surface area (Å²) in [7, 11) is -4.01. The number of nitrogens with zero attached hydrogens (tertiary/aromatic N) is 1. The fourth-order valence-corrected chi connectivity index (χ4v) is 6.04. The van der Waals surface area contributed by atoms with E-state index in [0.29, 0.717) is 10.7 Å². The molecule has 0 aliphatic rings. The van der Waals surface area contributed by atoms with Crippen LogP contribution >= 0.6 is 11.6 Å². The molecule has 0 spiro atoms. The van der Waals surface area contributed by atoms with Crippen LogP contribution in [0.1, 0.15) is 51.1 Å². The van der Waals surface area contributed by atoms with Crippen LogP contribution in [0.5, 0.6) is 0 Å². The first-order valence-electron chi connectivity index (χ1n) is 12.4. The van der Waals surface area contributed by atoms with Crippen molar-refractivity contribution in [3.05, 3.63) is 129 Å². The van der Waals surface area contributed by atoms with Gasteiger partial charge in [0.2, 0.25) is 0 Å². The zero-order chi connectivity index (χ0) is 27.4. The highest BCUT2D eigenvalue weighted by atomic mass is 35.5. The Labute approximate surface area is 230 Å². The first-order valence-corrected chi connectivity index (χ1v) is 14.2. The number of nitrogens with one attached hydrogen (secondary N) is 1. The summed E-state index contributed by atoms with van der Waals surface area (Å²) in [6.07, 6.45) is 0. The average Bonchev–Trinajstić information content (AvgIpc) is 2.88. The average molecular weight is 547 g/mol. The van der Waals surface area contributed by atoms with E-state index >= 15 is 0 Å². The third kappa shape index (κ3) is 6.09. The standard InChI is InChI=1S/C31H31ClN2O3S/c1-21-9-16-27(17-10-21)38(36,37)34(20-25-12-14-26(32)15-13-25)30-8-6-5-7-29(30)31(35)33-24(4)28-18-11-22(2)19-23(28)3/h5-19,24H,20H2,1-4H3,(H,33,35). The van der Waals surface area contributed by atoms with E-state index in [4.69, 9.17) is 11.6 Å². The summed E-state index contributed by atoms with van der Waals surface area (Å²) >= 11 is 6.07. The maximum Gasteiger partial charge on any atom is 0.264 e. The van der Waals surface area contributed by atoms with Crippen molar-refractivity contribution in [1.82, 2.24) is 5.32 Å². The van der Waals surface area contributed by atoms with Gasteiger partial charge in [-0.05, 0) is 80.8 Å². The number of carbonyl (C=O) groups is 1. The molecule has 0 radical (unpaired) electrons. The van der Waals surface area contributed by atoms with Crippen LogP contribution in [0.15, 0.2) is 95.9 Å². The Morgan fingerprint density at radius 2 is 1.50 bits per heavy atom. The predicted molar refractivity (Wildman–Crippen MR) is 154 cm³/mol. The number of hydrogen-bond donors (Lipinski definition) is 1. The summed E-state index contributed by atoms with van der Waals surface area (Å²) in [6, 6.07) is 26.3. The third-order valence-electron chi connectivity index (χ3n) is 6.51. The van der Waals surface area contributed by atoms with Gasteiger partial charge in [0.1, 0.15) is 0 Å². The monoisotopic (exact) mass is 546 g/mol. The summed E-state index contributed by atoms with van der Waals surface area (Å²) in [5.41, 5.74) is 5.50. The molecule has 1 N–H and O–H groups in total. The van der Waals surface area contributed by atoms with Crippen molar-refractivity contribution in [2.75, 3.05) is 4.31 Å². The van der Waals surface area contributed by atoms with Gasteiger partial charge in [0.25, 0.3) is 15.9 Å². The summed E-state index contributed by atoms with van der Waals surface area (Å²) < 4.78 is 29.2. The molecule has 1 atom stereocenters. The molecule has 0 saturated carbocycles. The lowest BCUT2D eigenvalue weighted by Crippen LogP contribution is -2.34. The largest absolute Gasteiger partial charge is 0.345 e. The second kappa shape index (κ2) is 11.4. The lowest BCUT2D eigenvalue weighted by Gasteiger charge is -2.27. The maximum atomic E-state index is 14.0. The fraction of sp³-hybridized carbons (Fsp3) is 0.194. The summed E-state index contributed by atoms with van der Waals surface area (Å²) in [4.78, 5) is 13.7. The van der Waals surface area contributed by atoms with E-state index in [1.165, 1.54) is 4.31 Å². The molecule has 5 nitrogen and oxygen atoms in total. The number of halogens is 1. The Morgan fingerprint density at radius 1 is 0.868 bits per heavy atom. The van der Waals surface area contributed by atoms with Gasteiger partial charge in [-0.1, -0.05) is 77.3 Å². The van der Waals surface area contributed by atoms with Crippen molar-refractivity contribution < 1.29 is 13.2 Å². The minimum Gasteiger partial charge on any atom is -0.345 e. The zero-order valence-electron chi connectivity index (χ0n) is 21.9. The number of anilines is 1. The summed E-state index contributed by atoms with van der Waals surface area (Å²) in [5.74, 6) is -0.353. The normalized spacial score (nSPS) is 12.1. The molecule has 7 heteroatoms. The van der Waals surface area contributed by atoms with Gasteiger partial charge < -0.3 is 5.32 Å². The van der Waals surface area contributed by atoms with Gasteiger partial charge in [-0.2, -0.15) is 0 Å². The van der Waals surface area contributed by atoms with Gasteiger partial charge in [-0.15, -0.1) is 0 Å². The van der Waals surface area contributed by atoms with E-state index in [1.54, 1.807) is 72.8 Å². The van der Waals surface area contributed by atoms with Crippen LogP contribution in [0.4, 0.5) is 5.69 Å². The van der Waals surface area contributed by atoms with Crippen molar-refractivity contribution in [3.8, 4) is 0 Å². The maximum absolute atomic E-state index is 14.0. The van der Waals surface area contributed by atoms with Gasteiger partial charge in [0, 0.05) is 5.02 Å². The predicted octanol–water partition coefficient (Wildman–Crippen LogP) is 7.15. The molecule has 4 aromatic carbocycles. The Kier molecular flexibility index (Phi) is 8.24. The number of hydrogen-bond acceptors (Lipinski definition) is 3. The van der Waals surface area contributed by atoms with Crippen molar-refractivity contribution in [1.29, 1.82) is 0 Å². The van der Waals surface area contributed by atoms with Crippen molar-refractivity contribution in [2.45, 2.75) is 45.2 Å². The number of para-hydroxylation sites is 1. The van der Waals surface area contributed by atoms with Gasteiger partial charge in [0.15, 0.2) is 0 Å². The lowest BCUT2D eigenvalue weighted by molar-refractivity contribution is 0.0940. The van der Waals surface area contributed by atoms with E-state index in [-0.39, 0.29) is 29.0 Å². The van der Waals surface area contributed by atoms with Crippen molar-refractivity contribution in [3.63, 3.8) is 0 Å². The molecule has 0 aliphatic carbocycles. The lowest BCUT2D eigenvalue weighted by atomic mass is 10.00. The molecular formula is C31H31ClN2O3S. The molecule has 4 rings (SSSR count). The second-order valence-electron chi connectivity index (χ2n) is 9.52. The molecule has 0 bridgehead atoms. The first-order chi connectivity index (χ1) is 18.1. The molecule has 4 aromatic rings. The molecule has 0 fully saturated rings. The van der Waals surface area contributed by atoms with Crippen LogP contribution < -0.4 is 9.62 Å². The van der Waals surface area contributed by atoms with E-state index in [0.717, 1.165) is 27.8 Å². The number of amides is 1. The molecule has 196 valence electrons. The molecule has 0 saturated heterocycles. The fourth-order valence-electron chi connectivity index (χ4n) is 4.44. The Hall–Kier alpha value is -3.61. The summed E-state index contributed by atoms with van der Waals surface area (Å²) in [6.45, 7) is 7.90. The Bertz CT molecular complexity index is 1550. The highest BCUT2D eigenvalue weighted by molar-refractivity contribution is 7.92. The Balaban J connectivity index is 1.75. The zero-order valence-corrected chi connectivity index (χ0v) is 23.5. The van der Waals surface area contributed by atoms with Crippen LogP contribution in [0.25, 0.3) is 0 Å². The molecule has 0 heterocycles. The smallest absolute Gasteiger partial charge is 0.264 e. The Morgan fingerprint density at radius 3 is 2.16 bits per heavy atom. The van der Waals surface area contributed by atoms with E-state index in [9.17, 15) is 13.2 Å². The molecular weight excluding hydrogens is 516 g/mol. The van der Waals surface area contributed by atoms with E-state index in [1.807, 2.05) is 39.8 Å². The SMILES string of the molecule is Cc1ccc(S(=O)(=O)N(Cc2ccc(Cl)cc2)c2ccccc2C(=O)NC(C)c2ccc(C)cc2C)cc1. The van der Waals surface area contributed by atoms with Crippen LogP contribution in [0.3, 0.4) is 0 Å². The quantitative estimate of drug-likeness (QED) is 0.255. The molecule has 1 amide bonds. The molecule has 0 aromatic heterocycles. The second-order valence-corrected chi connectivity index (χ2v) is 11.8. The van der Waals surface area contributed by atoms with Crippen LogP contribution in [-0.2, 0) is 16.6 Å². The van der Waals surface area contributed by atoms with Gasteiger partial charge in [-0.3, -0.25) is 9.10 Å². The van der Waals surface area contributed by atoms with E-state index < -0.39 is 10.0 Å². The molecule has 0 aliphatic heterocycles. The highest BCUT2D eigenvalue weighted by Crippen LogP contribution is 2.30. The molecule has 1 unspecified atom stereocenters. The summed E-state index contributed by atoms with van der Waals surface area (Å²) in [5, 5.41) is 3.62. The number of sulfonamides is 1. The first kappa shape index (κ1) is 27.4. The topological polar surface area (TPSA) is 66.5 Å². The number of carbonyl (C=O) groups excluding carboxylic acids is 1. The van der Waals surface area contributed by atoms with Crippen LogP contribution in [0.2, 0.25) is 5.02 Å². The van der Waals surface area contributed by atoms with Crippen LogP contribution in [-0.4, -0.2) is 14.3 Å². The number of aryl methyl sites for hydroxylation is 3. The van der Waals surface area contributed by atoms with Gasteiger partial charge in [0.05, 0.1) is 28.7 Å². The van der Waals surface area contributed by atoms with Crippen molar-refractivity contribution >= 4 is 33.2 Å². The highest BCUT2D eigenvalue weighted by Gasteiger charge is 2.29. The molecule has 38 heavy (non-hydrogen) atoms. The van der Waals surface area contributed by atoms with Crippen LogP contribution in [0, 0.1) is 20.8 Å². The third-order valence-corrected chi connectivity index (χ3v) is 8.53. The number of rotatable bonds is 8. The van der Waals surface area contributed by atoms with Crippen molar-refractivity contribution in [2.24, 2.45) is 0 Å². The number of benzene rings is 4. The van der Waals surface area contributed by atoms with Gasteiger partial charge in [-0.25, -0.2) is 8.42 Å². The van der Waals surface area contributed by atoms with Gasteiger partial charge >= 0.3 is 0 Å².